The third-order valence-corrected chi connectivity index (χ3v) is 5.68. The molecular weight excluding hydrogens is 314 g/mol. The number of anilines is 1. The van der Waals surface area contributed by atoms with Gasteiger partial charge in [0.1, 0.15) is 0 Å². The number of hydrogen-bond acceptors (Lipinski definition) is 3. The molecule has 0 radical (unpaired) electrons. The predicted molar refractivity (Wildman–Crippen MR) is 91.4 cm³/mol. The second-order valence-corrected chi connectivity index (χ2v) is 6.88. The van der Waals surface area contributed by atoms with Gasteiger partial charge >= 0.3 is 5.97 Å². The first-order valence-electron chi connectivity index (χ1n) is 8.50. The lowest BCUT2D eigenvalue weighted by atomic mass is 9.74. The first-order valence-corrected chi connectivity index (χ1v) is 8.50. The van der Waals surface area contributed by atoms with Crippen LogP contribution in [0.15, 0.2) is 18.2 Å². The van der Waals surface area contributed by atoms with Gasteiger partial charge in [-0.2, -0.15) is 0 Å². The van der Waals surface area contributed by atoms with Crippen molar-refractivity contribution in [2.45, 2.75) is 50.7 Å². The summed E-state index contributed by atoms with van der Waals surface area (Å²) in [7, 11) is 0. The van der Waals surface area contributed by atoms with Gasteiger partial charge < -0.3 is 15.2 Å². The zero-order valence-corrected chi connectivity index (χ0v) is 14.0. The minimum atomic E-state index is -0.856. The maximum Gasteiger partial charge on any atom is 0.336 e. The number of hydrogen-bond donors (Lipinski definition) is 2. The fraction of sp³-hybridized carbons (Fsp3) is 0.611. The number of nitrogens with one attached hydrogen (secondary N) is 1. The normalized spacial score (nSPS) is 29.8. The SMILES string of the molecule is Cl.O=C(O)c1cccc2c1C1OCCCC1C(C1CCCC1)N2. The summed E-state index contributed by atoms with van der Waals surface area (Å²) in [4.78, 5) is 11.6. The van der Waals surface area contributed by atoms with E-state index in [0.29, 0.717) is 23.4 Å². The fourth-order valence-corrected chi connectivity index (χ4v) is 4.72. The molecule has 2 N–H and O–H groups in total. The molecule has 0 bridgehead atoms. The van der Waals surface area contributed by atoms with E-state index in [4.69, 9.17) is 4.74 Å². The van der Waals surface area contributed by atoms with Crippen molar-refractivity contribution in [2.75, 3.05) is 11.9 Å². The largest absolute Gasteiger partial charge is 0.478 e. The van der Waals surface area contributed by atoms with Crippen molar-refractivity contribution in [3.63, 3.8) is 0 Å². The van der Waals surface area contributed by atoms with E-state index < -0.39 is 5.97 Å². The van der Waals surface area contributed by atoms with Crippen LogP contribution in [0.1, 0.15) is 60.6 Å². The molecule has 1 aromatic rings. The van der Waals surface area contributed by atoms with Crippen molar-refractivity contribution in [1.29, 1.82) is 0 Å². The van der Waals surface area contributed by atoms with Crippen LogP contribution in [-0.4, -0.2) is 23.7 Å². The number of carboxylic acid groups (broad SMARTS) is 1. The van der Waals surface area contributed by atoms with Crippen LogP contribution in [0, 0.1) is 11.8 Å². The molecule has 3 unspecified atom stereocenters. The van der Waals surface area contributed by atoms with Gasteiger partial charge in [-0.05, 0) is 43.7 Å². The van der Waals surface area contributed by atoms with Crippen LogP contribution in [0.3, 0.4) is 0 Å². The van der Waals surface area contributed by atoms with E-state index in [0.717, 1.165) is 30.7 Å². The molecule has 1 saturated heterocycles. The summed E-state index contributed by atoms with van der Waals surface area (Å²) in [6.07, 6.45) is 7.38. The van der Waals surface area contributed by atoms with Crippen molar-refractivity contribution in [3.05, 3.63) is 29.3 Å². The number of ether oxygens (including phenoxy) is 1. The molecule has 0 amide bonds. The van der Waals surface area contributed by atoms with Crippen LogP contribution in [-0.2, 0) is 4.74 Å². The van der Waals surface area contributed by atoms with Gasteiger partial charge in [-0.25, -0.2) is 4.79 Å². The third-order valence-electron chi connectivity index (χ3n) is 5.68. The third kappa shape index (κ3) is 2.83. The summed E-state index contributed by atoms with van der Waals surface area (Å²) in [5.74, 6) is 0.256. The Kier molecular flexibility index (Phi) is 4.83. The maximum absolute atomic E-state index is 11.6. The topological polar surface area (TPSA) is 58.6 Å². The average Bonchev–Trinajstić information content (AvgIpc) is 3.07. The van der Waals surface area contributed by atoms with Crippen LogP contribution in [0.5, 0.6) is 0 Å². The lowest BCUT2D eigenvalue weighted by Gasteiger charge is -2.45. The molecule has 2 fully saturated rings. The lowest BCUT2D eigenvalue weighted by Crippen LogP contribution is -2.45. The molecule has 1 saturated carbocycles. The summed E-state index contributed by atoms with van der Waals surface area (Å²) >= 11 is 0. The summed E-state index contributed by atoms with van der Waals surface area (Å²) < 4.78 is 6.09. The molecule has 126 valence electrons. The summed E-state index contributed by atoms with van der Waals surface area (Å²) in [6.45, 7) is 0.742. The molecule has 4 rings (SSSR count). The molecule has 0 aromatic heterocycles. The van der Waals surface area contributed by atoms with Gasteiger partial charge in [0, 0.05) is 29.8 Å². The molecule has 3 aliphatic rings. The van der Waals surface area contributed by atoms with Gasteiger partial charge in [-0.15, -0.1) is 12.4 Å². The Labute approximate surface area is 143 Å². The molecule has 3 atom stereocenters. The average molecular weight is 338 g/mol. The monoisotopic (exact) mass is 337 g/mol. The minimum Gasteiger partial charge on any atom is -0.478 e. The van der Waals surface area contributed by atoms with Crippen LogP contribution in [0.2, 0.25) is 0 Å². The molecule has 1 aliphatic carbocycles. The summed E-state index contributed by atoms with van der Waals surface area (Å²) in [6, 6.07) is 5.99. The molecule has 2 heterocycles. The minimum absolute atomic E-state index is 0. The van der Waals surface area contributed by atoms with Crippen molar-refractivity contribution in [2.24, 2.45) is 11.8 Å². The molecular formula is C18H24ClNO3. The van der Waals surface area contributed by atoms with Crippen molar-refractivity contribution < 1.29 is 14.6 Å². The number of carboxylic acids is 1. The van der Waals surface area contributed by atoms with E-state index in [2.05, 4.69) is 5.32 Å². The van der Waals surface area contributed by atoms with Gasteiger partial charge in [0.25, 0.3) is 0 Å². The van der Waals surface area contributed by atoms with Gasteiger partial charge in [0.15, 0.2) is 0 Å². The van der Waals surface area contributed by atoms with E-state index in [9.17, 15) is 9.90 Å². The van der Waals surface area contributed by atoms with E-state index in [1.807, 2.05) is 12.1 Å². The highest BCUT2D eigenvalue weighted by atomic mass is 35.5. The molecule has 2 aliphatic heterocycles. The van der Waals surface area contributed by atoms with Crippen molar-refractivity contribution in [3.8, 4) is 0 Å². The number of aromatic carboxylic acids is 1. The molecule has 4 nitrogen and oxygen atoms in total. The Morgan fingerprint density at radius 1 is 1.17 bits per heavy atom. The number of benzene rings is 1. The Bertz CT molecular complexity index is 586. The Morgan fingerprint density at radius 2 is 1.96 bits per heavy atom. The Hall–Kier alpha value is -1.26. The van der Waals surface area contributed by atoms with Gasteiger partial charge in [0.05, 0.1) is 11.7 Å². The van der Waals surface area contributed by atoms with Gasteiger partial charge in [0.2, 0.25) is 0 Å². The zero-order chi connectivity index (χ0) is 15.1. The summed E-state index contributed by atoms with van der Waals surface area (Å²) in [5, 5.41) is 13.2. The van der Waals surface area contributed by atoms with Crippen LogP contribution < -0.4 is 5.32 Å². The highest BCUT2D eigenvalue weighted by molar-refractivity contribution is 5.92. The molecule has 0 spiro atoms. The van der Waals surface area contributed by atoms with E-state index in [1.165, 1.54) is 25.7 Å². The first kappa shape index (κ1) is 16.6. The molecule has 1 aromatic carbocycles. The van der Waals surface area contributed by atoms with Crippen molar-refractivity contribution >= 4 is 24.1 Å². The lowest BCUT2D eigenvalue weighted by molar-refractivity contribution is -0.0442. The molecule has 5 heteroatoms. The number of fused-ring (bicyclic) bond motifs is 3. The predicted octanol–water partition coefficient (Wildman–Crippen LogP) is 4.26. The number of carbonyl (C=O) groups is 1. The van der Waals surface area contributed by atoms with Crippen molar-refractivity contribution in [1.82, 2.24) is 0 Å². The quantitative estimate of drug-likeness (QED) is 0.846. The number of halogens is 1. The smallest absolute Gasteiger partial charge is 0.336 e. The Morgan fingerprint density at radius 3 is 2.70 bits per heavy atom. The maximum atomic E-state index is 11.6. The van der Waals surface area contributed by atoms with Gasteiger partial charge in [-0.3, -0.25) is 0 Å². The molecule has 23 heavy (non-hydrogen) atoms. The van der Waals surface area contributed by atoms with E-state index in [-0.39, 0.29) is 18.5 Å². The van der Waals surface area contributed by atoms with Crippen LogP contribution in [0.4, 0.5) is 5.69 Å². The summed E-state index contributed by atoms with van der Waals surface area (Å²) in [5.41, 5.74) is 2.24. The number of rotatable bonds is 2. The second kappa shape index (κ2) is 6.70. The van der Waals surface area contributed by atoms with Crippen LogP contribution in [0.25, 0.3) is 0 Å². The first-order chi connectivity index (χ1) is 10.8. The van der Waals surface area contributed by atoms with Crippen LogP contribution >= 0.6 is 12.4 Å². The van der Waals surface area contributed by atoms with E-state index in [1.54, 1.807) is 6.07 Å². The second-order valence-electron chi connectivity index (χ2n) is 6.88. The fourth-order valence-electron chi connectivity index (χ4n) is 4.72. The Balaban J connectivity index is 0.00000156. The highest BCUT2D eigenvalue weighted by Gasteiger charge is 2.44. The zero-order valence-electron chi connectivity index (χ0n) is 13.2. The standard InChI is InChI=1S/C18H23NO3.ClH/c20-18(21)12-7-3-9-14-15(12)17-13(8-4-10-22-17)16(19-14)11-5-1-2-6-11;/h3,7,9,11,13,16-17,19H,1-2,4-6,8,10H2,(H,20,21);1H. The van der Waals surface area contributed by atoms with Gasteiger partial charge in [-0.1, -0.05) is 18.9 Å². The van der Waals surface area contributed by atoms with E-state index >= 15 is 0 Å². The highest BCUT2D eigenvalue weighted by Crippen LogP contribution is 2.49.